The first-order valence-corrected chi connectivity index (χ1v) is 14.6. The first-order chi connectivity index (χ1) is 20.2. The summed E-state index contributed by atoms with van der Waals surface area (Å²) < 4.78 is 4.61. The van der Waals surface area contributed by atoms with Crippen LogP contribution < -0.4 is 0 Å². The zero-order valence-electron chi connectivity index (χ0n) is 23.4. The highest BCUT2D eigenvalue weighted by atomic mass is 15.0. The molecular weight excluding hydrogens is 498 g/mol. The van der Waals surface area contributed by atoms with Gasteiger partial charge in [-0.25, -0.2) is 4.98 Å². The van der Waals surface area contributed by atoms with E-state index >= 15 is 0 Å². The second-order valence-corrected chi connectivity index (χ2v) is 11.4. The van der Waals surface area contributed by atoms with E-state index in [2.05, 4.69) is 143 Å². The van der Waals surface area contributed by atoms with Crippen molar-refractivity contribution in [3.63, 3.8) is 0 Å². The number of hydrogen-bond donors (Lipinski definition) is 0. The van der Waals surface area contributed by atoms with E-state index < -0.39 is 0 Å². The van der Waals surface area contributed by atoms with Crippen molar-refractivity contribution < 1.29 is 0 Å². The van der Waals surface area contributed by atoms with E-state index in [1.165, 1.54) is 72.3 Å². The molecule has 0 fully saturated rings. The molecular formula is C38H31N3. The van der Waals surface area contributed by atoms with Gasteiger partial charge in [-0.3, -0.25) is 4.40 Å². The van der Waals surface area contributed by atoms with E-state index in [0.29, 0.717) is 5.92 Å². The quantitative estimate of drug-likeness (QED) is 0.203. The molecule has 5 aromatic carbocycles. The summed E-state index contributed by atoms with van der Waals surface area (Å²) in [5.74, 6) is 0.701. The van der Waals surface area contributed by atoms with Gasteiger partial charge in [0.1, 0.15) is 5.65 Å². The fourth-order valence-electron chi connectivity index (χ4n) is 6.51. The maximum atomic E-state index is 4.65. The molecule has 8 rings (SSSR count). The molecule has 0 saturated heterocycles. The minimum absolute atomic E-state index is 0.701. The second-order valence-electron chi connectivity index (χ2n) is 11.4. The van der Waals surface area contributed by atoms with Crippen molar-refractivity contribution in [2.24, 2.45) is 5.92 Å². The maximum Gasteiger partial charge on any atom is 0.145 e. The number of hydrogen-bond acceptors (Lipinski definition) is 1. The van der Waals surface area contributed by atoms with Crippen LogP contribution in [0, 0.1) is 5.92 Å². The Labute approximate surface area is 239 Å². The van der Waals surface area contributed by atoms with E-state index in [-0.39, 0.29) is 0 Å². The van der Waals surface area contributed by atoms with E-state index in [1.54, 1.807) is 0 Å². The molecule has 0 aliphatic carbocycles. The molecule has 0 radical (unpaired) electrons. The highest BCUT2D eigenvalue weighted by Crippen LogP contribution is 2.37. The van der Waals surface area contributed by atoms with Gasteiger partial charge in [-0.2, -0.15) is 0 Å². The monoisotopic (exact) mass is 529 g/mol. The number of benzene rings is 5. The van der Waals surface area contributed by atoms with Crippen molar-refractivity contribution in [1.82, 2.24) is 14.0 Å². The Kier molecular flexibility index (Phi) is 5.46. The predicted octanol–water partition coefficient (Wildman–Crippen LogP) is 9.99. The van der Waals surface area contributed by atoms with Crippen molar-refractivity contribution >= 4 is 49.1 Å². The number of imidazole rings is 1. The molecule has 1 unspecified atom stereocenters. The van der Waals surface area contributed by atoms with Crippen LogP contribution in [-0.4, -0.2) is 14.0 Å². The summed E-state index contributed by atoms with van der Waals surface area (Å²) in [5.41, 5.74) is 9.70. The molecule has 0 bridgehead atoms. The minimum Gasteiger partial charge on any atom is -0.309 e. The normalized spacial score (nSPS) is 12.7. The highest BCUT2D eigenvalue weighted by molar-refractivity contribution is 6.13. The molecule has 41 heavy (non-hydrogen) atoms. The molecule has 8 aromatic rings. The first kappa shape index (κ1) is 24.0. The summed E-state index contributed by atoms with van der Waals surface area (Å²) in [5, 5.41) is 6.20. The van der Waals surface area contributed by atoms with E-state index in [1.807, 2.05) is 6.20 Å². The zero-order chi connectivity index (χ0) is 27.5. The topological polar surface area (TPSA) is 22.2 Å². The number of fused-ring (bicyclic) bond motifs is 9. The zero-order valence-corrected chi connectivity index (χ0v) is 23.4. The number of nitrogens with zero attached hydrogens (tertiary/aromatic N) is 3. The Morgan fingerprint density at radius 3 is 2.02 bits per heavy atom. The predicted molar refractivity (Wildman–Crippen MR) is 173 cm³/mol. The Morgan fingerprint density at radius 1 is 0.634 bits per heavy atom. The van der Waals surface area contributed by atoms with Crippen LogP contribution in [0.2, 0.25) is 0 Å². The molecule has 3 nitrogen and oxygen atoms in total. The van der Waals surface area contributed by atoms with Gasteiger partial charge in [0.25, 0.3) is 0 Å². The lowest BCUT2D eigenvalue weighted by molar-refractivity contribution is 0.560. The number of para-hydroxylation sites is 1. The summed E-state index contributed by atoms with van der Waals surface area (Å²) in [4.78, 5) is 4.65. The third kappa shape index (κ3) is 3.76. The molecule has 3 heteroatoms. The Balaban J connectivity index is 1.30. The van der Waals surface area contributed by atoms with Crippen molar-refractivity contribution in [1.29, 1.82) is 0 Å². The molecule has 0 amide bonds. The first-order valence-electron chi connectivity index (χ1n) is 14.6. The van der Waals surface area contributed by atoms with Crippen LogP contribution in [0.1, 0.15) is 25.8 Å². The van der Waals surface area contributed by atoms with Crippen molar-refractivity contribution in [3.8, 4) is 16.8 Å². The third-order valence-electron chi connectivity index (χ3n) is 8.84. The number of pyridine rings is 1. The number of aromatic nitrogens is 3. The summed E-state index contributed by atoms with van der Waals surface area (Å²) in [6.45, 7) is 4.60. The van der Waals surface area contributed by atoms with Crippen LogP contribution >= 0.6 is 0 Å². The van der Waals surface area contributed by atoms with Crippen LogP contribution in [0.5, 0.6) is 0 Å². The van der Waals surface area contributed by atoms with Gasteiger partial charge in [0.05, 0.1) is 16.6 Å². The molecule has 3 aromatic heterocycles. The summed E-state index contributed by atoms with van der Waals surface area (Å²) in [6.07, 6.45) is 6.28. The van der Waals surface area contributed by atoms with Crippen molar-refractivity contribution in [2.75, 3.05) is 0 Å². The SMILES string of the molecule is CCC(C)Cc1ccc(-n2c3ccccc3c3cc(-c4ccc5c(c4)c4ccccc4c4nccn54)ccc32)cc1. The lowest BCUT2D eigenvalue weighted by Crippen LogP contribution is -1.99. The molecule has 0 saturated carbocycles. The van der Waals surface area contributed by atoms with Gasteiger partial charge in [0.2, 0.25) is 0 Å². The molecule has 198 valence electrons. The Morgan fingerprint density at radius 2 is 1.27 bits per heavy atom. The largest absolute Gasteiger partial charge is 0.309 e. The third-order valence-corrected chi connectivity index (χ3v) is 8.84. The molecule has 0 aliphatic rings. The van der Waals surface area contributed by atoms with Gasteiger partial charge in [-0.05, 0) is 76.9 Å². The maximum absolute atomic E-state index is 4.65. The Bertz CT molecular complexity index is 2230. The number of rotatable bonds is 5. The van der Waals surface area contributed by atoms with Gasteiger partial charge < -0.3 is 4.57 Å². The van der Waals surface area contributed by atoms with Gasteiger partial charge in [0.15, 0.2) is 0 Å². The standard InChI is InChI=1S/C38H31N3/c1-3-25(2)22-26-12-16-29(17-13-26)41-36-11-7-6-9-31(36)34-24-28(15-19-37(34)41)27-14-18-35-33(23-27)30-8-4-5-10-32(30)38-39-20-21-40(35)38/h4-21,23-25H,3,22H2,1-2H3. The fraction of sp³-hybridized carbons (Fsp3) is 0.132. The molecule has 0 spiro atoms. The average Bonchev–Trinajstić information content (AvgIpc) is 3.65. The second kappa shape index (κ2) is 9.35. The fourth-order valence-corrected chi connectivity index (χ4v) is 6.51. The van der Waals surface area contributed by atoms with Gasteiger partial charge in [-0.15, -0.1) is 0 Å². The van der Waals surface area contributed by atoms with Crippen molar-refractivity contribution in [2.45, 2.75) is 26.7 Å². The molecule has 1 atom stereocenters. The average molecular weight is 530 g/mol. The van der Waals surface area contributed by atoms with Gasteiger partial charge in [-0.1, -0.05) is 87.0 Å². The summed E-state index contributed by atoms with van der Waals surface area (Å²) in [7, 11) is 0. The van der Waals surface area contributed by atoms with Crippen LogP contribution in [0.4, 0.5) is 0 Å². The highest BCUT2D eigenvalue weighted by Gasteiger charge is 2.15. The van der Waals surface area contributed by atoms with E-state index in [4.69, 9.17) is 0 Å². The molecule has 0 N–H and O–H groups in total. The summed E-state index contributed by atoms with van der Waals surface area (Å²) >= 11 is 0. The van der Waals surface area contributed by atoms with Crippen LogP contribution in [0.3, 0.4) is 0 Å². The molecule has 0 aliphatic heterocycles. The Hall–Kier alpha value is -4.89. The van der Waals surface area contributed by atoms with E-state index in [0.717, 1.165) is 12.1 Å². The summed E-state index contributed by atoms with van der Waals surface area (Å²) in [6, 6.07) is 40.3. The van der Waals surface area contributed by atoms with Crippen LogP contribution in [0.25, 0.3) is 65.9 Å². The lowest BCUT2D eigenvalue weighted by atomic mass is 9.98. The van der Waals surface area contributed by atoms with Gasteiger partial charge in [0, 0.05) is 39.6 Å². The van der Waals surface area contributed by atoms with E-state index in [9.17, 15) is 0 Å². The van der Waals surface area contributed by atoms with Crippen LogP contribution in [0.15, 0.2) is 122 Å². The smallest absolute Gasteiger partial charge is 0.145 e. The van der Waals surface area contributed by atoms with Crippen LogP contribution in [-0.2, 0) is 6.42 Å². The lowest BCUT2D eigenvalue weighted by Gasteiger charge is -2.12. The minimum atomic E-state index is 0.701. The van der Waals surface area contributed by atoms with Crippen molar-refractivity contribution in [3.05, 3.63) is 127 Å². The van der Waals surface area contributed by atoms with Gasteiger partial charge >= 0.3 is 0 Å². The molecule has 3 heterocycles.